The van der Waals surface area contributed by atoms with E-state index in [0.717, 1.165) is 31.5 Å². The lowest BCUT2D eigenvalue weighted by molar-refractivity contribution is -0.664. The fraction of sp³-hybridized carbons (Fsp3) is 0.259. The number of hydrogen-bond acceptors (Lipinski definition) is 8. The number of H-pyrrole nitrogens is 1. The van der Waals surface area contributed by atoms with Crippen molar-refractivity contribution in [3.63, 3.8) is 0 Å². The molecule has 0 aliphatic carbocycles. The molecule has 1 saturated heterocycles. The predicted octanol–water partition coefficient (Wildman–Crippen LogP) is 3.46. The van der Waals surface area contributed by atoms with Crippen LogP contribution in [0.3, 0.4) is 0 Å². The molecule has 0 spiro atoms. The number of nitrogen functional groups attached to an aromatic ring is 1. The Morgan fingerprint density at radius 1 is 1.18 bits per heavy atom. The van der Waals surface area contributed by atoms with Gasteiger partial charge in [-0.05, 0) is 36.4 Å². The van der Waals surface area contributed by atoms with Crippen molar-refractivity contribution < 1.29 is 24.0 Å². The summed E-state index contributed by atoms with van der Waals surface area (Å²) in [5.74, 6) is 0.444. The maximum atomic E-state index is 13.1. The van der Waals surface area contributed by atoms with E-state index in [1.807, 2.05) is 16.8 Å². The molecule has 208 valence electrons. The minimum atomic E-state index is -2.87. The van der Waals surface area contributed by atoms with Gasteiger partial charge in [0.2, 0.25) is 0 Å². The summed E-state index contributed by atoms with van der Waals surface area (Å²) in [4.78, 5) is 25.4. The van der Waals surface area contributed by atoms with Gasteiger partial charge in [0.1, 0.15) is 29.3 Å². The van der Waals surface area contributed by atoms with Gasteiger partial charge < -0.3 is 26.1 Å². The molecular weight excluding hydrogens is 532 g/mol. The number of aromatic nitrogens is 5. The van der Waals surface area contributed by atoms with Crippen LogP contribution in [0.25, 0.3) is 33.2 Å². The molecule has 0 bridgehead atoms. The van der Waals surface area contributed by atoms with Crippen LogP contribution in [0.15, 0.2) is 53.7 Å². The molecule has 0 unspecified atom stereocenters. The summed E-state index contributed by atoms with van der Waals surface area (Å²) in [6, 6.07) is 12.4. The number of piperidine rings is 1. The molecule has 1 amide bonds. The van der Waals surface area contributed by atoms with Crippen LogP contribution in [0, 0.1) is 0 Å². The van der Waals surface area contributed by atoms with Gasteiger partial charge in [0.25, 0.3) is 5.91 Å². The van der Waals surface area contributed by atoms with Gasteiger partial charge in [0, 0.05) is 35.6 Å². The number of hydrogen-bond donors (Lipinski definition) is 6. The van der Waals surface area contributed by atoms with Crippen molar-refractivity contribution in [1.82, 2.24) is 24.7 Å². The first kappa shape index (κ1) is 26.1. The van der Waals surface area contributed by atoms with Gasteiger partial charge in [-0.3, -0.25) is 13.9 Å². The molecule has 0 saturated carbocycles. The smallest absolute Gasteiger partial charge is 0.272 e. The number of benzene rings is 2. The Morgan fingerprint density at radius 3 is 2.73 bits per heavy atom. The second-order valence-electron chi connectivity index (χ2n) is 9.98. The third-order valence-corrected chi connectivity index (χ3v) is 8.43. The summed E-state index contributed by atoms with van der Waals surface area (Å²) in [7, 11) is -1.33. The Bertz CT molecular complexity index is 1740. The summed E-state index contributed by atoms with van der Waals surface area (Å²) in [6.45, 7) is 2.07. The molecule has 5 aromatic rings. The fourth-order valence-electron chi connectivity index (χ4n) is 5.21. The highest BCUT2D eigenvalue weighted by molar-refractivity contribution is 8.23. The van der Waals surface area contributed by atoms with E-state index >= 15 is 0 Å². The van der Waals surface area contributed by atoms with Gasteiger partial charge in [-0.1, -0.05) is 6.07 Å². The number of carbonyl (C=O) groups excluding carboxylic acids is 1. The lowest BCUT2D eigenvalue weighted by Crippen LogP contribution is -2.86. The number of aromatic amines is 1. The third kappa shape index (κ3) is 4.73. The lowest BCUT2D eigenvalue weighted by atomic mass is 10.1. The van der Waals surface area contributed by atoms with Crippen molar-refractivity contribution in [3.8, 4) is 17.0 Å². The maximum Gasteiger partial charge on any atom is 0.272 e. The zero-order chi connectivity index (χ0) is 28.0. The first-order valence-electron chi connectivity index (χ1n) is 12.9. The van der Waals surface area contributed by atoms with E-state index < -0.39 is 10.6 Å². The van der Waals surface area contributed by atoms with Crippen LogP contribution < -0.4 is 21.1 Å². The van der Waals surface area contributed by atoms with E-state index in [2.05, 4.69) is 25.6 Å². The normalized spacial score (nSPS) is 15.0. The third-order valence-electron chi connectivity index (χ3n) is 7.28. The maximum absolute atomic E-state index is 13.1. The number of amides is 1. The fourth-order valence-corrected chi connectivity index (χ4v) is 5.89. The van der Waals surface area contributed by atoms with Crippen molar-refractivity contribution in [1.29, 1.82) is 0 Å². The van der Waals surface area contributed by atoms with Crippen molar-refractivity contribution in [3.05, 3.63) is 54.5 Å². The first-order chi connectivity index (χ1) is 19.2. The van der Waals surface area contributed by atoms with E-state index in [9.17, 15) is 13.9 Å². The molecule has 0 radical (unpaired) electrons. The highest BCUT2D eigenvalue weighted by Crippen LogP contribution is 2.45. The highest BCUT2D eigenvalue weighted by atomic mass is 32.3. The van der Waals surface area contributed by atoms with Crippen LogP contribution in [-0.2, 0) is 0 Å². The topological polar surface area (TPSA) is 181 Å². The molecule has 0 atom stereocenters. The van der Waals surface area contributed by atoms with E-state index in [4.69, 9.17) is 15.6 Å². The van der Waals surface area contributed by atoms with Gasteiger partial charge in [0.15, 0.2) is 5.65 Å². The van der Waals surface area contributed by atoms with E-state index in [1.54, 1.807) is 30.3 Å². The summed E-state index contributed by atoms with van der Waals surface area (Å²) in [5, 5.41) is 11.5. The molecule has 1 aliphatic rings. The number of methoxy groups -OCH3 is 1. The van der Waals surface area contributed by atoms with Crippen LogP contribution >= 0.6 is 10.6 Å². The number of ether oxygens (including phenoxy) is 1. The zero-order valence-electron chi connectivity index (χ0n) is 22.1. The summed E-state index contributed by atoms with van der Waals surface area (Å²) < 4.78 is 27.6. The Hall–Kier alpha value is -4.17. The number of anilines is 2. The quantitative estimate of drug-likeness (QED) is 0.182. The Balaban J connectivity index is 1.32. The van der Waals surface area contributed by atoms with E-state index in [0.29, 0.717) is 55.5 Å². The van der Waals surface area contributed by atoms with Gasteiger partial charge in [0.05, 0.1) is 42.2 Å². The minimum Gasteiger partial charge on any atom is -0.495 e. The summed E-state index contributed by atoms with van der Waals surface area (Å²) in [5.41, 5.74) is 9.94. The lowest BCUT2D eigenvalue weighted by Gasteiger charge is -2.26. The predicted molar refractivity (Wildman–Crippen MR) is 155 cm³/mol. The van der Waals surface area contributed by atoms with Crippen LogP contribution in [0.5, 0.6) is 5.75 Å². The van der Waals surface area contributed by atoms with Crippen LogP contribution in [0.4, 0.5) is 11.5 Å². The number of nitrogens with one attached hydrogen (secondary N) is 2. The number of rotatable bonds is 6. The van der Waals surface area contributed by atoms with Crippen molar-refractivity contribution >= 4 is 49.9 Å². The second-order valence-corrected chi connectivity index (χ2v) is 12.1. The molecule has 12 nitrogen and oxygen atoms in total. The molecule has 6 rings (SSSR count). The Morgan fingerprint density at radius 2 is 1.98 bits per heavy atom. The van der Waals surface area contributed by atoms with Crippen molar-refractivity contribution in [2.75, 3.05) is 37.5 Å². The SMILES string of the molecule is COc1cc(-c2nn(C3CC[NH2+]CC3)c3ncnc(N)c23)ccc1NC(=O)c1cc2cc(S(C)(O)O)ccc2[nH]1. The highest BCUT2D eigenvalue weighted by Gasteiger charge is 2.25. The van der Waals surface area contributed by atoms with Gasteiger partial charge in [-0.15, -0.1) is 0 Å². The van der Waals surface area contributed by atoms with E-state index in [-0.39, 0.29) is 11.9 Å². The molecule has 13 heteroatoms. The van der Waals surface area contributed by atoms with Crippen molar-refractivity contribution in [2.45, 2.75) is 23.8 Å². The van der Waals surface area contributed by atoms with Crippen LogP contribution in [0.1, 0.15) is 29.4 Å². The number of nitrogens with zero attached hydrogens (tertiary/aromatic N) is 4. The number of quaternary nitrogens is 1. The second kappa shape index (κ2) is 10.1. The summed E-state index contributed by atoms with van der Waals surface area (Å²) >= 11 is 0. The van der Waals surface area contributed by atoms with E-state index in [1.165, 1.54) is 19.7 Å². The zero-order valence-corrected chi connectivity index (χ0v) is 22.9. The van der Waals surface area contributed by atoms with Crippen LogP contribution in [0.2, 0.25) is 0 Å². The largest absolute Gasteiger partial charge is 0.495 e. The molecular formula is C27H31N8O4S+. The van der Waals surface area contributed by atoms with Crippen LogP contribution in [-0.4, -0.2) is 66.2 Å². The molecule has 3 aromatic heterocycles. The van der Waals surface area contributed by atoms with Crippen molar-refractivity contribution in [2.24, 2.45) is 0 Å². The molecule has 2 aromatic carbocycles. The minimum absolute atomic E-state index is 0.230. The van der Waals surface area contributed by atoms with Gasteiger partial charge in [-0.2, -0.15) is 15.7 Å². The molecule has 1 fully saturated rings. The van der Waals surface area contributed by atoms with Gasteiger partial charge >= 0.3 is 0 Å². The Labute approximate surface area is 231 Å². The first-order valence-corrected chi connectivity index (χ1v) is 14.8. The monoisotopic (exact) mass is 563 g/mol. The average Bonchev–Trinajstić information content (AvgIpc) is 3.56. The molecule has 4 heterocycles. The number of fused-ring (bicyclic) bond motifs is 2. The summed E-state index contributed by atoms with van der Waals surface area (Å²) in [6.07, 6.45) is 4.81. The number of carbonyl (C=O) groups is 1. The molecule has 1 aliphatic heterocycles. The number of nitrogens with two attached hydrogens (primary N) is 2. The van der Waals surface area contributed by atoms with Gasteiger partial charge in [-0.25, -0.2) is 14.6 Å². The molecule has 8 N–H and O–H groups in total. The Kier molecular flexibility index (Phi) is 6.58. The molecule has 40 heavy (non-hydrogen) atoms. The average molecular weight is 564 g/mol. The standard InChI is InChI=1S/C27H30N8O4S/c1-39-22-13-15(24-23-25(28)30-14-31-26(23)35(34-24)17-7-9-29-10-8-17)3-5-20(22)33-27(36)21-12-16-11-18(40(2,37)38)4-6-19(16)32-21/h3-6,11-14,17,29,32,37-38H,7-10H2,1-2H3,(H,33,36)(H2,28,30,31)/p+1.